The molecule has 9 heteroatoms. The van der Waals surface area contributed by atoms with Gasteiger partial charge in [-0.1, -0.05) is 6.92 Å². The van der Waals surface area contributed by atoms with E-state index in [1.54, 1.807) is 17.7 Å². The van der Waals surface area contributed by atoms with Gasteiger partial charge in [0.05, 0.1) is 45.5 Å². The van der Waals surface area contributed by atoms with E-state index >= 15 is 0 Å². The van der Waals surface area contributed by atoms with Crippen molar-refractivity contribution in [2.24, 2.45) is 7.05 Å². The fourth-order valence-electron chi connectivity index (χ4n) is 4.39. The molecule has 1 unspecified atom stereocenters. The Hall–Kier alpha value is -3.56. The molecule has 1 atom stereocenters. The first kappa shape index (κ1) is 21.0. The molecule has 0 bridgehead atoms. The third-order valence-electron chi connectivity index (χ3n) is 6.03. The highest BCUT2D eigenvalue weighted by Crippen LogP contribution is 2.38. The van der Waals surface area contributed by atoms with Crippen LogP contribution in [0.5, 0.6) is 5.75 Å². The van der Waals surface area contributed by atoms with Gasteiger partial charge < -0.3 is 14.8 Å². The number of ether oxygens (including phenoxy) is 2. The number of benzene rings is 2. The number of hydrogen-bond acceptors (Lipinski definition) is 8. The number of fused-ring (bicyclic) bond motifs is 2. The topological polar surface area (TPSA) is 87.0 Å². The molecule has 172 valence electrons. The maximum absolute atomic E-state index is 6.49. The van der Waals surface area contributed by atoms with Gasteiger partial charge in [-0.15, -0.1) is 11.3 Å². The van der Waals surface area contributed by atoms with E-state index in [-0.39, 0.29) is 6.10 Å². The summed E-state index contributed by atoms with van der Waals surface area (Å²) in [5, 5.41) is 8.95. The second-order valence-corrected chi connectivity index (χ2v) is 9.26. The standard InChI is InChI=1S/C25H24N6O2S/c1-3-19-18(11-31(2)30-19)15-8-21-24(22(9-15)33-17-6-7-32-12-17)25(27-13-26-21)29-16-4-5-20-23(10-16)34-14-28-20/h4-5,8-11,13-14,17H,3,6-7,12H2,1-2H3,(H,26,27,29). The van der Waals surface area contributed by atoms with Gasteiger partial charge in [0.1, 0.15) is 24.0 Å². The van der Waals surface area contributed by atoms with Crippen LogP contribution in [0.3, 0.4) is 0 Å². The maximum atomic E-state index is 6.49. The van der Waals surface area contributed by atoms with Crippen molar-refractivity contribution in [2.75, 3.05) is 18.5 Å². The van der Waals surface area contributed by atoms with Crippen LogP contribution in [0.1, 0.15) is 19.0 Å². The van der Waals surface area contributed by atoms with Crippen molar-refractivity contribution in [3.63, 3.8) is 0 Å². The third kappa shape index (κ3) is 3.86. The number of rotatable bonds is 6. The van der Waals surface area contributed by atoms with E-state index in [1.807, 2.05) is 35.6 Å². The summed E-state index contributed by atoms with van der Waals surface area (Å²) < 4.78 is 15.0. The summed E-state index contributed by atoms with van der Waals surface area (Å²) >= 11 is 1.61. The largest absolute Gasteiger partial charge is 0.487 e. The highest BCUT2D eigenvalue weighted by molar-refractivity contribution is 7.16. The van der Waals surface area contributed by atoms with Gasteiger partial charge in [-0.05, 0) is 42.3 Å². The zero-order chi connectivity index (χ0) is 23.1. The second-order valence-electron chi connectivity index (χ2n) is 8.37. The normalized spacial score (nSPS) is 15.9. The Morgan fingerprint density at radius 3 is 2.97 bits per heavy atom. The number of hydrogen-bond donors (Lipinski definition) is 1. The molecule has 2 aromatic carbocycles. The average Bonchev–Trinajstić information content (AvgIpc) is 3.59. The molecule has 0 amide bonds. The van der Waals surface area contributed by atoms with E-state index in [9.17, 15) is 0 Å². The minimum atomic E-state index is -0.000377. The number of nitrogens with one attached hydrogen (secondary N) is 1. The van der Waals surface area contributed by atoms with E-state index in [0.29, 0.717) is 19.0 Å². The van der Waals surface area contributed by atoms with Crippen LogP contribution in [0, 0.1) is 0 Å². The van der Waals surface area contributed by atoms with Gasteiger partial charge in [-0.2, -0.15) is 5.10 Å². The zero-order valence-electron chi connectivity index (χ0n) is 19.0. The molecule has 34 heavy (non-hydrogen) atoms. The van der Waals surface area contributed by atoms with Crippen LogP contribution in [-0.2, 0) is 18.2 Å². The van der Waals surface area contributed by atoms with Gasteiger partial charge in [0.15, 0.2) is 0 Å². The minimum absolute atomic E-state index is 0.000377. The highest BCUT2D eigenvalue weighted by Gasteiger charge is 2.22. The molecule has 1 aliphatic rings. The SMILES string of the molecule is CCc1nn(C)cc1-c1cc(OC2CCOC2)c2c(Nc3ccc4ncsc4c3)ncnc2c1. The smallest absolute Gasteiger partial charge is 0.145 e. The Bertz CT molecular complexity index is 1490. The molecule has 5 aromatic rings. The first-order chi connectivity index (χ1) is 16.7. The molecule has 0 aliphatic carbocycles. The maximum Gasteiger partial charge on any atom is 0.145 e. The molecule has 0 radical (unpaired) electrons. The summed E-state index contributed by atoms with van der Waals surface area (Å²) in [5.74, 6) is 1.45. The van der Waals surface area contributed by atoms with E-state index in [2.05, 4.69) is 50.5 Å². The predicted octanol–water partition coefficient (Wildman–Crippen LogP) is 5.11. The van der Waals surface area contributed by atoms with Gasteiger partial charge in [-0.25, -0.2) is 15.0 Å². The second kappa shape index (κ2) is 8.66. The van der Waals surface area contributed by atoms with Crippen LogP contribution >= 0.6 is 11.3 Å². The number of aromatic nitrogens is 5. The van der Waals surface area contributed by atoms with Crippen LogP contribution in [-0.4, -0.2) is 44.1 Å². The molecule has 8 nitrogen and oxygen atoms in total. The monoisotopic (exact) mass is 472 g/mol. The number of nitrogens with zero attached hydrogens (tertiary/aromatic N) is 5. The minimum Gasteiger partial charge on any atom is -0.487 e. The highest BCUT2D eigenvalue weighted by atomic mass is 32.1. The zero-order valence-corrected chi connectivity index (χ0v) is 19.8. The predicted molar refractivity (Wildman–Crippen MR) is 134 cm³/mol. The van der Waals surface area contributed by atoms with Gasteiger partial charge in [0.2, 0.25) is 0 Å². The Labute approximate surface area is 200 Å². The van der Waals surface area contributed by atoms with Crippen LogP contribution in [0.25, 0.3) is 32.2 Å². The van der Waals surface area contributed by atoms with Gasteiger partial charge in [0, 0.05) is 30.9 Å². The van der Waals surface area contributed by atoms with Crippen molar-refractivity contribution in [2.45, 2.75) is 25.9 Å². The Kier molecular flexibility index (Phi) is 5.35. The molecule has 4 heterocycles. The molecule has 3 aromatic heterocycles. The molecule has 1 fully saturated rings. The van der Waals surface area contributed by atoms with Crippen molar-refractivity contribution >= 4 is 44.0 Å². The first-order valence-electron chi connectivity index (χ1n) is 11.3. The Morgan fingerprint density at radius 2 is 2.12 bits per heavy atom. The fraction of sp³-hybridized carbons (Fsp3) is 0.280. The molecule has 0 saturated carbocycles. The lowest BCUT2D eigenvalue weighted by Gasteiger charge is -2.17. The lowest BCUT2D eigenvalue weighted by Crippen LogP contribution is -2.16. The molecular weight excluding hydrogens is 448 g/mol. The Balaban J connectivity index is 1.48. The lowest BCUT2D eigenvalue weighted by atomic mass is 10.0. The molecule has 0 spiro atoms. The van der Waals surface area contributed by atoms with Crippen molar-refractivity contribution in [3.8, 4) is 16.9 Å². The molecular formula is C25H24N6O2S. The van der Waals surface area contributed by atoms with Crippen LogP contribution in [0.4, 0.5) is 11.5 Å². The van der Waals surface area contributed by atoms with E-state index in [0.717, 1.165) is 62.2 Å². The summed E-state index contributed by atoms with van der Waals surface area (Å²) in [4.78, 5) is 13.6. The van der Waals surface area contributed by atoms with Gasteiger partial charge in [0.25, 0.3) is 0 Å². The average molecular weight is 473 g/mol. The van der Waals surface area contributed by atoms with Crippen LogP contribution in [0.2, 0.25) is 0 Å². The summed E-state index contributed by atoms with van der Waals surface area (Å²) in [6.45, 7) is 3.41. The number of anilines is 2. The third-order valence-corrected chi connectivity index (χ3v) is 6.82. The summed E-state index contributed by atoms with van der Waals surface area (Å²) in [7, 11) is 1.95. The summed E-state index contributed by atoms with van der Waals surface area (Å²) in [6.07, 6.45) is 5.34. The molecule has 1 N–H and O–H groups in total. The van der Waals surface area contributed by atoms with Crippen molar-refractivity contribution in [3.05, 3.63) is 54.1 Å². The summed E-state index contributed by atoms with van der Waals surface area (Å²) in [5.41, 5.74) is 7.76. The van der Waals surface area contributed by atoms with Crippen LogP contribution < -0.4 is 10.1 Å². The lowest BCUT2D eigenvalue weighted by molar-refractivity contribution is 0.142. The van der Waals surface area contributed by atoms with Crippen LogP contribution in [0.15, 0.2) is 48.4 Å². The van der Waals surface area contributed by atoms with Crippen molar-refractivity contribution < 1.29 is 9.47 Å². The van der Waals surface area contributed by atoms with E-state index in [4.69, 9.17) is 9.47 Å². The quantitative estimate of drug-likeness (QED) is 0.367. The Morgan fingerprint density at radius 1 is 1.18 bits per heavy atom. The fourth-order valence-corrected chi connectivity index (χ4v) is 5.11. The van der Waals surface area contributed by atoms with Gasteiger partial charge >= 0.3 is 0 Å². The molecule has 1 saturated heterocycles. The van der Waals surface area contributed by atoms with E-state index < -0.39 is 0 Å². The number of aryl methyl sites for hydroxylation is 2. The molecule has 6 rings (SSSR count). The number of thiazole rings is 1. The molecule has 1 aliphatic heterocycles. The van der Waals surface area contributed by atoms with Crippen molar-refractivity contribution in [1.29, 1.82) is 0 Å². The first-order valence-corrected chi connectivity index (χ1v) is 12.2. The summed E-state index contributed by atoms with van der Waals surface area (Å²) in [6, 6.07) is 10.3. The van der Waals surface area contributed by atoms with E-state index in [1.165, 1.54) is 0 Å². The van der Waals surface area contributed by atoms with Crippen molar-refractivity contribution in [1.82, 2.24) is 24.7 Å². The van der Waals surface area contributed by atoms with Gasteiger partial charge in [-0.3, -0.25) is 4.68 Å².